The molecule has 128 valence electrons. The standard InChI is InChI=1S/C13H12F3N5O3/c14-9-5-7(24-13(15)16)1-2-8(9)12(22)21-3-4-23-6-10(21)11-17-19-20-18-11/h1-2,5,10,13H,3-4,6H2,(H,17,18,19,20). The van der Waals surface area contributed by atoms with Gasteiger partial charge in [-0.2, -0.15) is 14.0 Å². The van der Waals surface area contributed by atoms with Crippen LogP contribution in [-0.2, 0) is 4.74 Å². The van der Waals surface area contributed by atoms with Gasteiger partial charge in [0.1, 0.15) is 17.6 Å². The lowest BCUT2D eigenvalue weighted by Crippen LogP contribution is -2.44. The van der Waals surface area contributed by atoms with Crippen LogP contribution in [0.1, 0.15) is 22.2 Å². The number of amides is 1. The van der Waals surface area contributed by atoms with E-state index in [1.54, 1.807) is 0 Å². The molecule has 0 bridgehead atoms. The minimum absolute atomic E-state index is 0.138. The molecule has 8 nitrogen and oxygen atoms in total. The van der Waals surface area contributed by atoms with Crippen molar-refractivity contribution in [1.29, 1.82) is 0 Å². The van der Waals surface area contributed by atoms with Crippen molar-refractivity contribution in [3.63, 3.8) is 0 Å². The zero-order chi connectivity index (χ0) is 17.1. The van der Waals surface area contributed by atoms with E-state index in [9.17, 15) is 18.0 Å². The van der Waals surface area contributed by atoms with E-state index in [-0.39, 0.29) is 36.9 Å². The Bertz CT molecular complexity index is 713. The molecular formula is C13H12F3N5O3. The van der Waals surface area contributed by atoms with E-state index in [0.717, 1.165) is 18.2 Å². The number of benzene rings is 1. The van der Waals surface area contributed by atoms with E-state index in [1.807, 2.05) is 0 Å². The molecule has 11 heteroatoms. The van der Waals surface area contributed by atoms with Crippen molar-refractivity contribution < 1.29 is 27.4 Å². The van der Waals surface area contributed by atoms with Crippen LogP contribution in [0.15, 0.2) is 18.2 Å². The number of aromatic amines is 1. The number of H-pyrrole nitrogens is 1. The lowest BCUT2D eigenvalue weighted by atomic mass is 10.1. The largest absolute Gasteiger partial charge is 0.435 e. The van der Waals surface area contributed by atoms with Crippen LogP contribution < -0.4 is 4.74 Å². The molecule has 0 radical (unpaired) electrons. The summed E-state index contributed by atoms with van der Waals surface area (Å²) in [7, 11) is 0. The number of tetrazole rings is 1. The third-order valence-corrected chi connectivity index (χ3v) is 3.45. The molecule has 0 spiro atoms. The molecule has 1 aromatic carbocycles. The van der Waals surface area contributed by atoms with Gasteiger partial charge in [-0.3, -0.25) is 4.79 Å². The highest BCUT2D eigenvalue weighted by atomic mass is 19.3. The third kappa shape index (κ3) is 3.30. The van der Waals surface area contributed by atoms with Crippen molar-refractivity contribution in [2.75, 3.05) is 19.8 Å². The van der Waals surface area contributed by atoms with Gasteiger partial charge in [0.05, 0.1) is 18.8 Å². The molecular weight excluding hydrogens is 331 g/mol. The Kier molecular flexibility index (Phi) is 4.60. The van der Waals surface area contributed by atoms with Gasteiger partial charge >= 0.3 is 6.61 Å². The van der Waals surface area contributed by atoms with Crippen molar-refractivity contribution in [1.82, 2.24) is 25.5 Å². The molecule has 1 fully saturated rings. The van der Waals surface area contributed by atoms with Crippen molar-refractivity contribution in [2.45, 2.75) is 12.7 Å². The fourth-order valence-corrected chi connectivity index (χ4v) is 2.37. The van der Waals surface area contributed by atoms with Gasteiger partial charge in [0.15, 0.2) is 5.82 Å². The van der Waals surface area contributed by atoms with E-state index in [2.05, 4.69) is 25.4 Å². The number of hydrogen-bond acceptors (Lipinski definition) is 6. The second kappa shape index (κ2) is 6.83. The van der Waals surface area contributed by atoms with Crippen LogP contribution in [0.3, 0.4) is 0 Å². The fraction of sp³-hybridized carbons (Fsp3) is 0.385. The Labute approximate surface area is 133 Å². The summed E-state index contributed by atoms with van der Waals surface area (Å²) in [6.07, 6.45) is 0. The maximum atomic E-state index is 14.1. The Morgan fingerprint density at radius 1 is 1.46 bits per heavy atom. The number of halogens is 3. The molecule has 1 atom stereocenters. The van der Waals surface area contributed by atoms with E-state index in [1.165, 1.54) is 4.90 Å². The number of aromatic nitrogens is 4. The van der Waals surface area contributed by atoms with E-state index in [4.69, 9.17) is 4.74 Å². The van der Waals surface area contributed by atoms with Crippen molar-refractivity contribution >= 4 is 5.91 Å². The van der Waals surface area contributed by atoms with Crippen LogP contribution >= 0.6 is 0 Å². The van der Waals surface area contributed by atoms with Crippen LogP contribution in [-0.4, -0.2) is 57.8 Å². The summed E-state index contributed by atoms with van der Waals surface area (Å²) in [6, 6.07) is 2.31. The first kappa shape index (κ1) is 16.2. The van der Waals surface area contributed by atoms with Gasteiger partial charge in [0.2, 0.25) is 0 Å². The molecule has 0 aliphatic carbocycles. The van der Waals surface area contributed by atoms with Gasteiger partial charge in [-0.05, 0) is 12.1 Å². The number of carbonyl (C=O) groups excluding carboxylic acids is 1. The molecule has 2 heterocycles. The first-order chi connectivity index (χ1) is 11.6. The first-order valence-corrected chi connectivity index (χ1v) is 6.92. The van der Waals surface area contributed by atoms with Crippen LogP contribution in [0.4, 0.5) is 13.2 Å². The number of carbonyl (C=O) groups is 1. The highest BCUT2D eigenvalue weighted by Crippen LogP contribution is 2.25. The number of nitrogens with one attached hydrogen (secondary N) is 1. The molecule has 1 saturated heterocycles. The van der Waals surface area contributed by atoms with Gasteiger partial charge < -0.3 is 14.4 Å². The summed E-state index contributed by atoms with van der Waals surface area (Å²) in [4.78, 5) is 14.0. The summed E-state index contributed by atoms with van der Waals surface area (Å²) in [5, 5.41) is 13.3. The number of ether oxygens (including phenoxy) is 2. The predicted molar refractivity (Wildman–Crippen MR) is 71.8 cm³/mol. The highest BCUT2D eigenvalue weighted by Gasteiger charge is 2.33. The molecule has 1 aromatic heterocycles. The normalized spacial score (nSPS) is 18.0. The van der Waals surface area contributed by atoms with Crippen molar-refractivity contribution in [3.05, 3.63) is 35.4 Å². The Morgan fingerprint density at radius 3 is 2.96 bits per heavy atom. The number of alkyl halides is 2. The molecule has 3 rings (SSSR count). The average Bonchev–Trinajstić information content (AvgIpc) is 3.08. The molecule has 1 unspecified atom stereocenters. The second-order valence-corrected chi connectivity index (χ2v) is 4.88. The molecule has 2 aromatic rings. The number of hydrogen-bond donors (Lipinski definition) is 1. The zero-order valence-electron chi connectivity index (χ0n) is 12.2. The minimum atomic E-state index is -3.08. The molecule has 1 aliphatic heterocycles. The first-order valence-electron chi connectivity index (χ1n) is 6.92. The topological polar surface area (TPSA) is 93.2 Å². The van der Waals surface area contributed by atoms with Gasteiger partial charge in [-0.25, -0.2) is 4.39 Å². The van der Waals surface area contributed by atoms with Gasteiger partial charge in [0, 0.05) is 12.6 Å². The summed E-state index contributed by atoms with van der Waals surface area (Å²) in [5.74, 6) is -1.72. The van der Waals surface area contributed by atoms with Crippen LogP contribution in [0.2, 0.25) is 0 Å². The molecule has 0 saturated carbocycles. The number of morpholine rings is 1. The zero-order valence-corrected chi connectivity index (χ0v) is 12.2. The molecule has 1 amide bonds. The van der Waals surface area contributed by atoms with Gasteiger partial charge in [0.25, 0.3) is 5.91 Å². The second-order valence-electron chi connectivity index (χ2n) is 4.88. The molecule has 1 N–H and O–H groups in total. The summed E-state index contributed by atoms with van der Waals surface area (Å²) < 4.78 is 47.8. The quantitative estimate of drug-likeness (QED) is 0.895. The summed E-state index contributed by atoms with van der Waals surface area (Å²) in [5.41, 5.74) is -0.271. The lowest BCUT2D eigenvalue weighted by molar-refractivity contribution is -0.0500. The Balaban J connectivity index is 1.84. The summed E-state index contributed by atoms with van der Waals surface area (Å²) >= 11 is 0. The fourth-order valence-electron chi connectivity index (χ4n) is 2.37. The molecule has 24 heavy (non-hydrogen) atoms. The van der Waals surface area contributed by atoms with E-state index in [0.29, 0.717) is 0 Å². The Morgan fingerprint density at radius 2 is 2.29 bits per heavy atom. The van der Waals surface area contributed by atoms with Crippen LogP contribution in [0.5, 0.6) is 5.75 Å². The minimum Gasteiger partial charge on any atom is -0.435 e. The maximum Gasteiger partial charge on any atom is 0.387 e. The van der Waals surface area contributed by atoms with E-state index < -0.39 is 24.4 Å². The number of rotatable bonds is 4. The average molecular weight is 343 g/mol. The lowest BCUT2D eigenvalue weighted by Gasteiger charge is -2.33. The van der Waals surface area contributed by atoms with Crippen molar-refractivity contribution in [2.24, 2.45) is 0 Å². The van der Waals surface area contributed by atoms with Crippen LogP contribution in [0.25, 0.3) is 0 Å². The number of nitrogens with zero attached hydrogens (tertiary/aromatic N) is 4. The van der Waals surface area contributed by atoms with Gasteiger partial charge in [-0.1, -0.05) is 5.21 Å². The van der Waals surface area contributed by atoms with Crippen LogP contribution in [0, 0.1) is 5.82 Å². The Hall–Kier alpha value is -2.69. The third-order valence-electron chi connectivity index (χ3n) is 3.45. The molecule has 1 aliphatic rings. The predicted octanol–water partition coefficient (Wildman–Crippen LogP) is 1.15. The van der Waals surface area contributed by atoms with Gasteiger partial charge in [-0.15, -0.1) is 10.2 Å². The SMILES string of the molecule is O=C(c1ccc(OC(F)F)cc1F)N1CCOCC1c1nn[nH]n1. The van der Waals surface area contributed by atoms with E-state index >= 15 is 0 Å². The summed E-state index contributed by atoms with van der Waals surface area (Å²) in [6.45, 7) is -2.46. The smallest absolute Gasteiger partial charge is 0.387 e. The highest BCUT2D eigenvalue weighted by molar-refractivity contribution is 5.95. The monoisotopic (exact) mass is 343 g/mol. The maximum absolute atomic E-state index is 14.1. The van der Waals surface area contributed by atoms with Crippen molar-refractivity contribution in [3.8, 4) is 5.75 Å².